The van der Waals surface area contributed by atoms with Gasteiger partial charge in [0.2, 0.25) is 11.7 Å². The highest BCUT2D eigenvalue weighted by Crippen LogP contribution is 2.34. The van der Waals surface area contributed by atoms with Crippen LogP contribution in [0, 0.1) is 12.8 Å². The third kappa shape index (κ3) is 9.11. The van der Waals surface area contributed by atoms with Crippen molar-refractivity contribution in [3.63, 3.8) is 0 Å². The van der Waals surface area contributed by atoms with Crippen LogP contribution in [-0.2, 0) is 38.5 Å². The summed E-state index contributed by atoms with van der Waals surface area (Å²) in [5.74, 6) is -1.76. The van der Waals surface area contributed by atoms with Gasteiger partial charge in [0.05, 0.1) is 19.8 Å². The topological polar surface area (TPSA) is 116 Å². The molecule has 268 valence electrons. The van der Waals surface area contributed by atoms with E-state index >= 15 is 0 Å². The molecule has 1 saturated heterocycles. The first-order chi connectivity index (χ1) is 25.4. The molecule has 1 N–H and O–H groups in total. The van der Waals surface area contributed by atoms with Crippen molar-refractivity contribution >= 4 is 17.8 Å². The third-order valence-corrected chi connectivity index (χ3v) is 9.10. The van der Waals surface area contributed by atoms with Crippen LogP contribution < -0.4 is 0 Å². The lowest BCUT2D eigenvalue weighted by Gasteiger charge is -2.24. The third-order valence-electron chi connectivity index (χ3n) is 9.10. The first-order valence-electron chi connectivity index (χ1n) is 17.6. The molecular weight excluding hydrogens is 658 g/mol. The van der Waals surface area contributed by atoms with Gasteiger partial charge in [-0.1, -0.05) is 121 Å². The maximum absolute atomic E-state index is 14.5. The fourth-order valence-electron chi connectivity index (χ4n) is 6.35. The van der Waals surface area contributed by atoms with Crippen LogP contribution in [-0.4, -0.2) is 60.3 Å². The molecule has 1 aliphatic rings. The van der Waals surface area contributed by atoms with Gasteiger partial charge in [0.25, 0.3) is 0 Å². The molecule has 0 bridgehead atoms. The van der Waals surface area contributed by atoms with Crippen LogP contribution in [0.3, 0.4) is 0 Å². The quantitative estimate of drug-likeness (QED) is 0.0601. The number of aliphatic hydroxyl groups is 1. The average molecular weight is 702 g/mol. The van der Waals surface area contributed by atoms with Crippen LogP contribution in [0.5, 0.6) is 0 Å². The van der Waals surface area contributed by atoms with Crippen molar-refractivity contribution in [1.29, 1.82) is 0 Å². The molecule has 6 rings (SSSR count). The van der Waals surface area contributed by atoms with Gasteiger partial charge in [0.1, 0.15) is 30.4 Å². The van der Waals surface area contributed by atoms with E-state index in [4.69, 9.17) is 18.6 Å². The summed E-state index contributed by atoms with van der Waals surface area (Å²) < 4.78 is 23.4. The fraction of sp³-hybridized carbons (Fsp3) is 0.279. The zero-order chi connectivity index (χ0) is 36.3. The number of imide groups is 1. The van der Waals surface area contributed by atoms with Crippen LogP contribution in [0.1, 0.15) is 51.0 Å². The molecule has 4 aromatic carbocycles. The van der Waals surface area contributed by atoms with Gasteiger partial charge in [-0.05, 0) is 48.1 Å². The number of carbonyl (C=O) groups excluding carboxylic acids is 3. The molecule has 0 unspecified atom stereocenters. The van der Waals surface area contributed by atoms with E-state index in [9.17, 15) is 19.5 Å². The standard InChI is InChI=1S/C43H43NO8/c1-30-13-11-20-34(23-30)36-25-40(52-39(36)21-12-22-49-28-35(26-45)50-27-32-16-7-3-8-17-32)41(46)37(24-31-14-5-2-6-15-31)42(47)44-38(29-51-43(44)48)33-18-9-4-10-19-33/h2-11,13-20,23,25,35,37-38,45H,12,21-22,24,26-29H2,1H3/t35-,37+,38-/m1/s1. The summed E-state index contributed by atoms with van der Waals surface area (Å²) in [5, 5.41) is 9.81. The van der Waals surface area contributed by atoms with Gasteiger partial charge >= 0.3 is 6.09 Å². The number of ether oxygens (including phenoxy) is 3. The van der Waals surface area contributed by atoms with Crippen molar-refractivity contribution < 1.29 is 38.1 Å². The van der Waals surface area contributed by atoms with Gasteiger partial charge in [-0.15, -0.1) is 0 Å². The molecule has 9 nitrogen and oxygen atoms in total. The normalized spacial score (nSPS) is 15.3. The summed E-state index contributed by atoms with van der Waals surface area (Å²) in [6, 6.07) is 37.2. The lowest BCUT2D eigenvalue weighted by molar-refractivity contribution is -0.132. The minimum atomic E-state index is -1.24. The maximum Gasteiger partial charge on any atom is 0.417 e. The van der Waals surface area contributed by atoms with Gasteiger partial charge in [-0.3, -0.25) is 9.59 Å². The number of carbonyl (C=O) groups is 3. The number of aryl methyl sites for hydroxylation is 2. The number of Topliss-reactive ketones (excluding diaryl/α,β-unsaturated/α-hetero) is 1. The van der Waals surface area contributed by atoms with E-state index < -0.39 is 35.8 Å². The van der Waals surface area contributed by atoms with Crippen molar-refractivity contribution in [2.75, 3.05) is 26.4 Å². The Morgan fingerprint density at radius 1 is 0.885 bits per heavy atom. The number of furan rings is 1. The van der Waals surface area contributed by atoms with E-state index in [-0.39, 0.29) is 32.0 Å². The number of rotatable bonds is 17. The Kier molecular flexibility index (Phi) is 12.4. The number of cyclic esters (lactones) is 1. The van der Waals surface area contributed by atoms with Crippen molar-refractivity contribution in [1.82, 2.24) is 4.90 Å². The number of aliphatic hydroxyl groups excluding tert-OH is 1. The monoisotopic (exact) mass is 701 g/mol. The van der Waals surface area contributed by atoms with Crippen molar-refractivity contribution in [2.45, 2.75) is 44.9 Å². The molecule has 0 radical (unpaired) electrons. The van der Waals surface area contributed by atoms with Gasteiger partial charge < -0.3 is 23.7 Å². The van der Waals surface area contributed by atoms with Crippen LogP contribution in [0.4, 0.5) is 4.79 Å². The average Bonchev–Trinajstić information content (AvgIpc) is 3.79. The molecule has 3 atom stereocenters. The van der Waals surface area contributed by atoms with Crippen LogP contribution in [0.25, 0.3) is 11.1 Å². The molecule has 52 heavy (non-hydrogen) atoms. The summed E-state index contributed by atoms with van der Waals surface area (Å²) in [7, 11) is 0. The molecule has 1 aliphatic heterocycles. The Hall–Kier alpha value is -5.35. The molecule has 0 saturated carbocycles. The lowest BCUT2D eigenvalue weighted by Crippen LogP contribution is -2.42. The summed E-state index contributed by atoms with van der Waals surface area (Å²) in [5.41, 5.74) is 5.20. The molecule has 9 heteroatoms. The van der Waals surface area contributed by atoms with Crippen LogP contribution in [0.2, 0.25) is 0 Å². The largest absolute Gasteiger partial charge is 0.457 e. The number of hydrogen-bond acceptors (Lipinski definition) is 8. The van der Waals surface area contributed by atoms with Crippen molar-refractivity contribution in [3.05, 3.63) is 155 Å². The second-order valence-electron chi connectivity index (χ2n) is 12.9. The highest BCUT2D eigenvalue weighted by molar-refractivity contribution is 6.12. The van der Waals surface area contributed by atoms with E-state index in [1.54, 1.807) is 6.07 Å². The SMILES string of the molecule is Cc1cccc(-c2cc(C(=O)[C@H](Cc3ccccc3)C(=O)N3C(=O)OC[C@@H]3c3ccccc3)oc2CCCOC[C@@H](CO)OCc2ccccc2)c1. The molecule has 2 heterocycles. The van der Waals surface area contributed by atoms with E-state index in [2.05, 4.69) is 0 Å². The second kappa shape index (κ2) is 17.7. The highest BCUT2D eigenvalue weighted by Gasteiger charge is 2.44. The molecule has 0 aliphatic carbocycles. The lowest BCUT2D eigenvalue weighted by atomic mass is 9.91. The summed E-state index contributed by atoms with van der Waals surface area (Å²) in [6.45, 7) is 2.80. The number of ketones is 1. The zero-order valence-corrected chi connectivity index (χ0v) is 29.2. The predicted octanol–water partition coefficient (Wildman–Crippen LogP) is 7.54. The minimum Gasteiger partial charge on any atom is -0.457 e. The van der Waals surface area contributed by atoms with E-state index in [1.807, 2.05) is 122 Å². The number of benzene rings is 4. The van der Waals surface area contributed by atoms with Crippen molar-refractivity contribution in [2.24, 2.45) is 5.92 Å². The molecule has 5 aromatic rings. The summed E-state index contributed by atoms with van der Waals surface area (Å²) >= 11 is 0. The molecule has 2 amide bonds. The molecule has 0 spiro atoms. The molecular formula is C43H43NO8. The fourth-order valence-corrected chi connectivity index (χ4v) is 6.35. The molecule has 1 fully saturated rings. The Morgan fingerprint density at radius 2 is 1.58 bits per heavy atom. The van der Waals surface area contributed by atoms with Crippen LogP contribution in [0.15, 0.2) is 126 Å². The second-order valence-corrected chi connectivity index (χ2v) is 12.9. The number of amides is 2. The van der Waals surface area contributed by atoms with E-state index in [1.165, 1.54) is 0 Å². The summed E-state index contributed by atoms with van der Waals surface area (Å²) in [6.07, 6.45) is -0.145. The first kappa shape index (κ1) is 36.4. The smallest absolute Gasteiger partial charge is 0.417 e. The number of nitrogens with zero attached hydrogens (tertiary/aromatic N) is 1. The number of hydrogen-bond donors (Lipinski definition) is 1. The Labute approximate surface area is 303 Å². The predicted molar refractivity (Wildman–Crippen MR) is 195 cm³/mol. The van der Waals surface area contributed by atoms with Crippen molar-refractivity contribution in [3.8, 4) is 11.1 Å². The van der Waals surface area contributed by atoms with Gasteiger partial charge in [0, 0.05) is 18.6 Å². The Balaban J connectivity index is 1.21. The zero-order valence-electron chi connectivity index (χ0n) is 29.2. The molecule has 1 aromatic heterocycles. The Morgan fingerprint density at radius 3 is 2.27 bits per heavy atom. The van der Waals surface area contributed by atoms with Gasteiger partial charge in [-0.25, -0.2) is 9.69 Å². The van der Waals surface area contributed by atoms with Gasteiger partial charge in [0.15, 0.2) is 5.76 Å². The van der Waals surface area contributed by atoms with Crippen LogP contribution >= 0.6 is 0 Å². The first-order valence-corrected chi connectivity index (χ1v) is 17.6. The Bertz CT molecular complexity index is 1920. The van der Waals surface area contributed by atoms with E-state index in [0.717, 1.165) is 38.3 Å². The summed E-state index contributed by atoms with van der Waals surface area (Å²) in [4.78, 5) is 42.9. The highest BCUT2D eigenvalue weighted by atomic mass is 16.6. The van der Waals surface area contributed by atoms with E-state index in [0.29, 0.717) is 31.8 Å². The maximum atomic E-state index is 14.5. The van der Waals surface area contributed by atoms with Gasteiger partial charge in [-0.2, -0.15) is 0 Å². The minimum absolute atomic E-state index is 0.00349.